The van der Waals surface area contributed by atoms with Gasteiger partial charge in [-0.15, -0.1) is 0 Å². The highest BCUT2D eigenvalue weighted by Crippen LogP contribution is 2.29. The molecule has 0 bridgehead atoms. The zero-order valence-electron chi connectivity index (χ0n) is 17.7. The van der Waals surface area contributed by atoms with Crippen molar-refractivity contribution in [2.75, 3.05) is 25.0 Å². The molecule has 0 spiro atoms. The van der Waals surface area contributed by atoms with E-state index < -0.39 is 28.5 Å². The predicted octanol–water partition coefficient (Wildman–Crippen LogP) is 4.52. The largest absolute Gasteiger partial charge is 0.452 e. The minimum atomic E-state index is -3.86. The second-order valence-electron chi connectivity index (χ2n) is 7.84. The smallest absolute Gasteiger partial charge is 0.338 e. The summed E-state index contributed by atoms with van der Waals surface area (Å²) in [6, 6.07) is 8.92. The number of hydrogen-bond donors (Lipinski definition) is 1. The molecule has 1 aliphatic rings. The normalized spacial score (nSPS) is 17.1. The van der Waals surface area contributed by atoms with Gasteiger partial charge in [0.15, 0.2) is 6.61 Å². The summed E-state index contributed by atoms with van der Waals surface area (Å²) in [5.41, 5.74) is 1.32. The van der Waals surface area contributed by atoms with Gasteiger partial charge < -0.3 is 10.1 Å². The summed E-state index contributed by atoms with van der Waals surface area (Å²) in [5.74, 6) is -1.14. The SMILES string of the molecule is Cc1ccc(NC(=O)COC(=O)c2ccc(Cl)c(S(=O)(=O)N3CCC[C@@H](C)C3)c2)cc1Cl. The van der Waals surface area contributed by atoms with Crippen LogP contribution >= 0.6 is 23.2 Å². The maximum absolute atomic E-state index is 13.1. The van der Waals surface area contributed by atoms with Crippen LogP contribution in [0.4, 0.5) is 5.69 Å². The Balaban J connectivity index is 1.68. The van der Waals surface area contributed by atoms with E-state index in [1.54, 1.807) is 18.2 Å². The molecule has 3 rings (SSSR count). The lowest BCUT2D eigenvalue weighted by Crippen LogP contribution is -2.39. The first kappa shape index (κ1) is 24.5. The lowest BCUT2D eigenvalue weighted by molar-refractivity contribution is -0.119. The summed E-state index contributed by atoms with van der Waals surface area (Å²) in [7, 11) is -3.86. The molecule has 1 heterocycles. The Morgan fingerprint density at radius 2 is 1.91 bits per heavy atom. The number of carbonyl (C=O) groups excluding carboxylic acids is 2. The average molecular weight is 499 g/mol. The monoisotopic (exact) mass is 498 g/mol. The van der Waals surface area contributed by atoms with E-state index in [-0.39, 0.29) is 21.4 Å². The van der Waals surface area contributed by atoms with Crippen LogP contribution < -0.4 is 5.32 Å². The third-order valence-electron chi connectivity index (χ3n) is 5.19. The highest BCUT2D eigenvalue weighted by atomic mass is 35.5. The highest BCUT2D eigenvalue weighted by molar-refractivity contribution is 7.89. The number of hydrogen-bond acceptors (Lipinski definition) is 5. The van der Waals surface area contributed by atoms with Gasteiger partial charge in [0.25, 0.3) is 5.91 Å². The Bertz CT molecular complexity index is 1140. The van der Waals surface area contributed by atoms with Gasteiger partial charge in [-0.3, -0.25) is 4.79 Å². The fourth-order valence-electron chi connectivity index (χ4n) is 3.41. The molecule has 0 aliphatic carbocycles. The molecule has 1 aliphatic heterocycles. The maximum Gasteiger partial charge on any atom is 0.338 e. The first-order valence-corrected chi connectivity index (χ1v) is 12.3. The van der Waals surface area contributed by atoms with E-state index in [0.717, 1.165) is 18.4 Å². The molecule has 0 radical (unpaired) electrons. The van der Waals surface area contributed by atoms with E-state index in [2.05, 4.69) is 5.32 Å². The van der Waals surface area contributed by atoms with Gasteiger partial charge in [-0.1, -0.05) is 36.2 Å². The summed E-state index contributed by atoms with van der Waals surface area (Å²) in [5, 5.41) is 3.10. The topological polar surface area (TPSA) is 92.8 Å². The zero-order valence-corrected chi connectivity index (χ0v) is 20.1. The van der Waals surface area contributed by atoms with Crippen LogP contribution in [0.1, 0.15) is 35.7 Å². The zero-order chi connectivity index (χ0) is 23.5. The average Bonchev–Trinajstić information content (AvgIpc) is 2.75. The van der Waals surface area contributed by atoms with Crippen molar-refractivity contribution in [3.8, 4) is 0 Å². The number of carbonyl (C=O) groups is 2. The van der Waals surface area contributed by atoms with E-state index in [9.17, 15) is 18.0 Å². The minimum Gasteiger partial charge on any atom is -0.452 e. The summed E-state index contributed by atoms with van der Waals surface area (Å²) >= 11 is 12.2. The molecule has 172 valence electrons. The number of benzene rings is 2. The Hall–Kier alpha value is -2.13. The van der Waals surface area contributed by atoms with Crippen molar-refractivity contribution in [1.82, 2.24) is 4.31 Å². The standard InChI is InChI=1S/C22H24Cl2N2O5S/c1-14-4-3-9-26(12-14)32(29,30)20-10-16(6-8-18(20)23)22(28)31-13-21(27)25-17-7-5-15(2)19(24)11-17/h5-8,10-11,14H,3-4,9,12-13H2,1-2H3,(H,25,27)/t14-/m1/s1. The summed E-state index contributed by atoms with van der Waals surface area (Å²) in [6.07, 6.45) is 1.73. The van der Waals surface area contributed by atoms with Crippen molar-refractivity contribution < 1.29 is 22.7 Å². The summed E-state index contributed by atoms with van der Waals surface area (Å²) < 4.78 is 32.6. The van der Waals surface area contributed by atoms with E-state index in [4.69, 9.17) is 27.9 Å². The molecule has 1 N–H and O–H groups in total. The molecule has 1 amide bonds. The minimum absolute atomic E-state index is 0.00999. The summed E-state index contributed by atoms with van der Waals surface area (Å²) in [6.45, 7) is 4.09. The number of ether oxygens (including phenoxy) is 1. The highest BCUT2D eigenvalue weighted by Gasteiger charge is 2.31. The van der Waals surface area contributed by atoms with Crippen molar-refractivity contribution >= 4 is 50.8 Å². The quantitative estimate of drug-likeness (QED) is 0.591. The predicted molar refractivity (Wildman–Crippen MR) is 124 cm³/mol. The number of esters is 1. The van der Waals surface area contributed by atoms with Crippen molar-refractivity contribution in [2.24, 2.45) is 5.92 Å². The van der Waals surface area contributed by atoms with E-state index in [0.29, 0.717) is 23.8 Å². The molecule has 0 unspecified atom stereocenters. The second kappa shape index (κ2) is 10.2. The van der Waals surface area contributed by atoms with Gasteiger partial charge >= 0.3 is 5.97 Å². The van der Waals surface area contributed by atoms with Gasteiger partial charge in [-0.05, 0) is 61.6 Å². The molecule has 32 heavy (non-hydrogen) atoms. The second-order valence-corrected chi connectivity index (χ2v) is 10.6. The molecular formula is C22H24Cl2N2O5S. The number of nitrogens with zero attached hydrogens (tertiary/aromatic N) is 1. The molecule has 10 heteroatoms. The number of sulfonamides is 1. The number of piperidine rings is 1. The first-order valence-electron chi connectivity index (χ1n) is 10.1. The molecule has 2 aromatic rings. The van der Waals surface area contributed by atoms with Crippen LogP contribution in [0, 0.1) is 12.8 Å². The lowest BCUT2D eigenvalue weighted by Gasteiger charge is -2.30. The number of amides is 1. The van der Waals surface area contributed by atoms with Crippen LogP contribution in [0.2, 0.25) is 10.0 Å². The van der Waals surface area contributed by atoms with Gasteiger partial charge in [0.05, 0.1) is 10.6 Å². The van der Waals surface area contributed by atoms with Crippen molar-refractivity contribution in [2.45, 2.75) is 31.6 Å². The third kappa shape index (κ3) is 5.81. The number of rotatable bonds is 6. The van der Waals surface area contributed by atoms with Crippen LogP contribution in [-0.2, 0) is 19.6 Å². The molecular weight excluding hydrogens is 475 g/mol. The molecule has 1 fully saturated rings. The van der Waals surface area contributed by atoms with E-state index >= 15 is 0 Å². The molecule has 2 aromatic carbocycles. The van der Waals surface area contributed by atoms with Crippen molar-refractivity contribution in [3.63, 3.8) is 0 Å². The number of aryl methyl sites for hydroxylation is 1. The fourth-order valence-corrected chi connectivity index (χ4v) is 5.69. The maximum atomic E-state index is 13.1. The fraction of sp³-hybridized carbons (Fsp3) is 0.364. The number of nitrogens with one attached hydrogen (secondary N) is 1. The van der Waals surface area contributed by atoms with Crippen LogP contribution in [0.5, 0.6) is 0 Å². The molecule has 7 nitrogen and oxygen atoms in total. The van der Waals surface area contributed by atoms with Crippen LogP contribution in [0.3, 0.4) is 0 Å². The van der Waals surface area contributed by atoms with E-state index in [1.165, 1.54) is 22.5 Å². The Kier molecular flexibility index (Phi) is 7.82. The number of anilines is 1. The van der Waals surface area contributed by atoms with Gasteiger partial charge in [0.1, 0.15) is 4.90 Å². The molecule has 1 saturated heterocycles. The summed E-state index contributed by atoms with van der Waals surface area (Å²) in [4.78, 5) is 24.4. The Labute approximate surface area is 197 Å². The van der Waals surface area contributed by atoms with Gasteiger partial charge in [0, 0.05) is 23.8 Å². The van der Waals surface area contributed by atoms with Gasteiger partial charge in [-0.25, -0.2) is 13.2 Å². The number of halogens is 2. The molecule has 0 aromatic heterocycles. The molecule has 0 saturated carbocycles. The Morgan fingerprint density at radius 3 is 2.59 bits per heavy atom. The van der Waals surface area contributed by atoms with Gasteiger partial charge in [0.2, 0.25) is 10.0 Å². The lowest BCUT2D eigenvalue weighted by atomic mass is 10.0. The van der Waals surface area contributed by atoms with Crippen LogP contribution in [0.15, 0.2) is 41.3 Å². The molecule has 1 atom stereocenters. The van der Waals surface area contributed by atoms with Crippen molar-refractivity contribution in [1.29, 1.82) is 0 Å². The third-order valence-corrected chi connectivity index (χ3v) is 7.95. The van der Waals surface area contributed by atoms with Crippen molar-refractivity contribution in [3.05, 3.63) is 57.6 Å². The first-order chi connectivity index (χ1) is 15.1. The van der Waals surface area contributed by atoms with E-state index in [1.807, 2.05) is 13.8 Å². The van der Waals surface area contributed by atoms with Crippen LogP contribution in [0.25, 0.3) is 0 Å². The van der Waals surface area contributed by atoms with Gasteiger partial charge in [-0.2, -0.15) is 4.31 Å². The Morgan fingerprint density at radius 1 is 1.16 bits per heavy atom. The van der Waals surface area contributed by atoms with Crippen LogP contribution in [-0.4, -0.2) is 44.3 Å².